The van der Waals surface area contributed by atoms with Gasteiger partial charge in [-0.05, 0) is 160 Å². The summed E-state index contributed by atoms with van der Waals surface area (Å²) in [6.07, 6.45) is 10.1. The summed E-state index contributed by atoms with van der Waals surface area (Å²) in [5.41, 5.74) is 1.75. The highest BCUT2D eigenvalue weighted by Gasteiger charge is 2.44. The van der Waals surface area contributed by atoms with Crippen LogP contribution in [0.5, 0.6) is 0 Å². The third kappa shape index (κ3) is 15.6. The normalized spacial score (nSPS) is 17.1. The molecule has 12 heteroatoms. The lowest BCUT2D eigenvalue weighted by atomic mass is 9.72. The Hall–Kier alpha value is -6.06. The molecule has 0 spiro atoms. The molecule has 2 aliphatic rings. The average molecular weight is 1130 g/mol. The number of aliphatic hydroxyl groups excluding tert-OH is 4. The van der Waals surface area contributed by atoms with Gasteiger partial charge in [-0.1, -0.05) is 216 Å². The molecule has 0 aliphatic carbocycles. The maximum atomic E-state index is 12.1. The molecule has 2 saturated heterocycles. The van der Waals surface area contributed by atoms with Crippen molar-refractivity contribution >= 4 is 11.9 Å². The molecule has 4 unspecified atom stereocenters. The number of hydrogen-bond acceptors (Lipinski definition) is 10. The second-order valence-corrected chi connectivity index (χ2v) is 23.4. The van der Waals surface area contributed by atoms with E-state index >= 15 is 0 Å². The lowest BCUT2D eigenvalue weighted by Crippen LogP contribution is -2.44. The third-order valence-corrected chi connectivity index (χ3v) is 18.3. The van der Waals surface area contributed by atoms with E-state index in [1.165, 1.54) is 0 Å². The molecule has 8 rings (SSSR count). The topological polar surface area (TPSA) is 202 Å². The van der Waals surface area contributed by atoms with E-state index in [1.807, 2.05) is 128 Å². The van der Waals surface area contributed by atoms with E-state index in [1.54, 1.807) is 48.5 Å². The molecule has 0 saturated carbocycles. The summed E-state index contributed by atoms with van der Waals surface area (Å²) in [5, 5.41) is 85.7. The first kappa shape index (κ1) is 64.5. The molecule has 4 atom stereocenters. The Balaban J connectivity index is 0.000000239. The van der Waals surface area contributed by atoms with Crippen LogP contribution in [0.2, 0.25) is 0 Å². The van der Waals surface area contributed by atoms with Crippen molar-refractivity contribution < 1.29 is 50.4 Å². The van der Waals surface area contributed by atoms with Gasteiger partial charge in [-0.25, -0.2) is 0 Å². The molecule has 12 nitrogen and oxygen atoms in total. The number of carbonyl (C=O) groups is 2. The number of aliphatic hydroxyl groups is 6. The second kappa shape index (κ2) is 31.2. The Labute approximate surface area is 493 Å². The van der Waals surface area contributed by atoms with Crippen LogP contribution in [-0.2, 0) is 31.6 Å². The van der Waals surface area contributed by atoms with Crippen molar-refractivity contribution in [2.24, 2.45) is 11.8 Å². The van der Waals surface area contributed by atoms with Gasteiger partial charge in [-0.2, -0.15) is 0 Å². The van der Waals surface area contributed by atoms with Crippen molar-refractivity contribution in [2.75, 3.05) is 52.5 Å². The number of piperidine rings is 2. The van der Waals surface area contributed by atoms with E-state index in [0.29, 0.717) is 43.2 Å². The quantitative estimate of drug-likeness (QED) is 0.0207. The highest BCUT2D eigenvalue weighted by molar-refractivity contribution is 5.82. The number of likely N-dealkylation sites (tertiary alicyclic amines) is 2. The number of nitrogens with zero attached hydrogens (tertiary/aromatic N) is 2. The zero-order valence-electron chi connectivity index (χ0n) is 49.0. The predicted molar refractivity (Wildman–Crippen MR) is 328 cm³/mol. The number of aliphatic carboxylic acids is 2. The van der Waals surface area contributed by atoms with Crippen LogP contribution in [0.3, 0.4) is 0 Å². The van der Waals surface area contributed by atoms with Gasteiger partial charge in [-0.15, -0.1) is 0 Å². The zero-order valence-corrected chi connectivity index (χ0v) is 49.0. The molecule has 2 fully saturated rings. The highest BCUT2D eigenvalue weighted by Crippen LogP contribution is 2.44. The van der Waals surface area contributed by atoms with Crippen LogP contribution in [0.4, 0.5) is 0 Å². The summed E-state index contributed by atoms with van der Waals surface area (Å²) in [7, 11) is 0. The molecular formula is C71H92N2O10. The lowest BCUT2D eigenvalue weighted by molar-refractivity contribution is -0.147. The van der Waals surface area contributed by atoms with Crippen LogP contribution in [0, 0.1) is 11.8 Å². The number of hydrogen-bond donors (Lipinski definition) is 8. The van der Waals surface area contributed by atoms with E-state index in [-0.39, 0.29) is 11.8 Å². The van der Waals surface area contributed by atoms with E-state index in [9.17, 15) is 50.4 Å². The monoisotopic (exact) mass is 1130 g/mol. The van der Waals surface area contributed by atoms with Crippen molar-refractivity contribution in [1.82, 2.24) is 9.80 Å². The lowest BCUT2D eigenvalue weighted by Gasteiger charge is -2.42. The molecule has 6 aromatic rings. The molecule has 446 valence electrons. The van der Waals surface area contributed by atoms with Gasteiger partial charge in [0.25, 0.3) is 0 Å². The van der Waals surface area contributed by atoms with Crippen LogP contribution in [-0.4, -0.2) is 115 Å². The van der Waals surface area contributed by atoms with Crippen LogP contribution < -0.4 is 0 Å². The smallest absolute Gasteiger partial charge is 0.316 e. The summed E-state index contributed by atoms with van der Waals surface area (Å²) in [6.45, 7) is 8.51. The number of carboxylic acids is 2. The van der Waals surface area contributed by atoms with E-state index < -0.39 is 59.4 Å². The summed E-state index contributed by atoms with van der Waals surface area (Å²) < 4.78 is 0. The third-order valence-electron chi connectivity index (χ3n) is 18.3. The Morgan fingerprint density at radius 2 is 0.735 bits per heavy atom. The molecule has 83 heavy (non-hydrogen) atoms. The number of benzene rings is 6. The predicted octanol–water partition coefficient (Wildman–Crippen LogP) is 11.7. The fourth-order valence-corrected chi connectivity index (χ4v) is 13.0. The van der Waals surface area contributed by atoms with Crippen LogP contribution in [0.25, 0.3) is 0 Å². The van der Waals surface area contributed by atoms with Gasteiger partial charge in [-0.3, -0.25) is 9.59 Å². The number of rotatable bonds is 29. The van der Waals surface area contributed by atoms with Crippen molar-refractivity contribution in [2.45, 2.75) is 144 Å². The van der Waals surface area contributed by atoms with Gasteiger partial charge < -0.3 is 50.7 Å². The fraction of sp³-hybridized carbons (Fsp3) is 0.465. The van der Waals surface area contributed by atoms with Crippen molar-refractivity contribution in [1.29, 1.82) is 0 Å². The van der Waals surface area contributed by atoms with Crippen molar-refractivity contribution in [3.8, 4) is 0 Å². The van der Waals surface area contributed by atoms with Gasteiger partial charge in [0.2, 0.25) is 0 Å². The molecule has 2 heterocycles. The molecule has 0 aromatic heterocycles. The van der Waals surface area contributed by atoms with E-state index in [0.717, 1.165) is 137 Å². The first-order chi connectivity index (χ1) is 40.2. The zero-order chi connectivity index (χ0) is 59.3. The van der Waals surface area contributed by atoms with Gasteiger partial charge in [0.05, 0.1) is 25.4 Å². The summed E-state index contributed by atoms with van der Waals surface area (Å²) in [6, 6.07) is 54.1. The maximum Gasteiger partial charge on any atom is 0.316 e. The minimum absolute atomic E-state index is 0.112. The van der Waals surface area contributed by atoms with Crippen molar-refractivity contribution in [3.05, 3.63) is 214 Å². The average Bonchev–Trinajstić information content (AvgIpc) is 3.71. The molecule has 8 N–H and O–H groups in total. The molecular weight excluding hydrogens is 1040 g/mol. The molecule has 0 radical (unpaired) electrons. The Morgan fingerprint density at radius 1 is 0.434 bits per heavy atom. The standard InChI is InChI=1S/C36H47NO5.C35H45NO5/c1-2-3-10-23-35(27-38,34(40)41)29-19-17-28(18-20-29)33(39)16-11-24-37-25-21-32(22-26-37)36(42,30-12-6-4-7-13-30)31-14-8-5-9-15-31;1-2-3-22-34(26-37,33(39)40)28-18-16-27(17-19-28)32(38)15-10-23-36-24-20-31(21-25-36)35(41,29-11-6-4-7-12-29)30-13-8-5-9-14-30/h4-9,12-15,17-20,32-33,38-39,42H,2-3,10-11,16,21-27H2,1H3,(H,40,41);4-9,11-14,16-19,31-32,37-38,41H,2-3,10,15,20-26H2,1H3,(H,39,40). The van der Waals surface area contributed by atoms with Gasteiger partial charge in [0.15, 0.2) is 0 Å². The first-order valence-corrected chi connectivity index (χ1v) is 30.6. The van der Waals surface area contributed by atoms with Crippen LogP contribution in [0.15, 0.2) is 170 Å². The maximum absolute atomic E-state index is 12.1. The Bertz CT molecular complexity index is 2740. The van der Waals surface area contributed by atoms with Gasteiger partial charge in [0, 0.05) is 0 Å². The van der Waals surface area contributed by atoms with Crippen molar-refractivity contribution in [3.63, 3.8) is 0 Å². The van der Waals surface area contributed by atoms with E-state index in [2.05, 4.69) is 16.7 Å². The largest absolute Gasteiger partial charge is 0.481 e. The number of unbranched alkanes of at least 4 members (excludes halogenated alkanes) is 3. The van der Waals surface area contributed by atoms with Gasteiger partial charge in [0.1, 0.15) is 22.0 Å². The van der Waals surface area contributed by atoms with Crippen LogP contribution >= 0.6 is 0 Å². The number of carboxylic acid groups (broad SMARTS) is 2. The van der Waals surface area contributed by atoms with Crippen LogP contribution in [0.1, 0.15) is 167 Å². The molecule has 2 aliphatic heterocycles. The Kier molecular flexibility index (Phi) is 24.2. The summed E-state index contributed by atoms with van der Waals surface area (Å²) in [5.74, 6) is -1.80. The summed E-state index contributed by atoms with van der Waals surface area (Å²) in [4.78, 5) is 29.0. The second-order valence-electron chi connectivity index (χ2n) is 23.4. The van der Waals surface area contributed by atoms with Gasteiger partial charge >= 0.3 is 11.9 Å². The Morgan fingerprint density at radius 3 is 1.01 bits per heavy atom. The SMILES string of the molecule is CCCCC(CO)(C(=O)O)c1ccc(C(O)CCCN2CCC(C(O)(c3ccccc3)c3ccccc3)CC2)cc1.CCCCCC(CO)(C(=O)O)c1ccc(C(O)CCCN2CCC(C(O)(c3ccccc3)c3ccccc3)CC2)cc1. The molecule has 0 amide bonds. The highest BCUT2D eigenvalue weighted by atomic mass is 16.4. The molecule has 0 bridgehead atoms. The summed E-state index contributed by atoms with van der Waals surface area (Å²) >= 11 is 0. The first-order valence-electron chi connectivity index (χ1n) is 30.6. The van der Waals surface area contributed by atoms with E-state index in [4.69, 9.17) is 0 Å². The molecule has 6 aromatic carbocycles. The minimum atomic E-state index is -1.31. The fourth-order valence-electron chi connectivity index (χ4n) is 13.0. The minimum Gasteiger partial charge on any atom is -0.481 e.